The quantitative estimate of drug-likeness (QED) is 0.617. The third-order valence-corrected chi connectivity index (χ3v) is 6.85. The molecular formula is C20H23N3O4S2. The zero-order valence-electron chi connectivity index (χ0n) is 15.8. The number of amides is 2. The molecule has 0 radical (unpaired) electrons. The van der Waals surface area contributed by atoms with Crippen LogP contribution >= 0.6 is 11.8 Å². The number of carbonyl (C=O) groups excluding carboxylic acids is 2. The first kappa shape index (κ1) is 21.4. The second-order valence-electron chi connectivity index (χ2n) is 6.76. The van der Waals surface area contributed by atoms with Gasteiger partial charge in [-0.1, -0.05) is 30.3 Å². The maximum Gasteiger partial charge on any atom is 0.238 e. The molecule has 0 saturated heterocycles. The van der Waals surface area contributed by atoms with Gasteiger partial charge in [-0.05, 0) is 42.2 Å². The molecule has 0 aliphatic carbocycles. The van der Waals surface area contributed by atoms with E-state index in [0.29, 0.717) is 18.7 Å². The molecule has 1 heterocycles. The van der Waals surface area contributed by atoms with Gasteiger partial charge in [0.1, 0.15) is 0 Å². The average Bonchev–Trinajstić information content (AvgIpc) is 2.85. The molecule has 0 spiro atoms. The first-order valence-corrected chi connectivity index (χ1v) is 11.8. The van der Waals surface area contributed by atoms with Gasteiger partial charge < -0.3 is 10.6 Å². The summed E-state index contributed by atoms with van der Waals surface area (Å²) >= 11 is 1.49. The molecule has 0 unspecified atom stereocenters. The van der Waals surface area contributed by atoms with Crippen LogP contribution in [0.3, 0.4) is 0 Å². The zero-order chi connectivity index (χ0) is 20.9. The Morgan fingerprint density at radius 1 is 1.17 bits per heavy atom. The minimum Gasteiger partial charge on any atom is -0.352 e. The predicted molar refractivity (Wildman–Crippen MR) is 114 cm³/mol. The van der Waals surface area contributed by atoms with Crippen LogP contribution in [0.2, 0.25) is 0 Å². The fraction of sp³-hybridized carbons (Fsp3) is 0.300. The molecule has 1 atom stereocenters. The molecule has 4 N–H and O–H groups in total. The van der Waals surface area contributed by atoms with E-state index in [4.69, 9.17) is 5.14 Å². The summed E-state index contributed by atoms with van der Waals surface area (Å²) in [7, 11) is -3.72. The number of para-hydroxylation sites is 1. The standard InChI is InChI=1S/C20H23N3O4S2/c21-29(26,27)16-8-5-14(6-9-16)13-22-19(24)11-12-28-18-10-7-15-3-1-2-4-17(15)23-20(18)25/h1-6,8-9,18H,7,10-13H2,(H,22,24)(H,23,25)(H2,21,26,27)/t18-/m0/s1. The Balaban J connectivity index is 1.41. The number of anilines is 1. The zero-order valence-corrected chi connectivity index (χ0v) is 17.4. The number of nitrogens with two attached hydrogens (primary N) is 1. The third-order valence-electron chi connectivity index (χ3n) is 4.63. The van der Waals surface area contributed by atoms with Gasteiger partial charge in [0, 0.05) is 24.4 Å². The van der Waals surface area contributed by atoms with Crippen LogP contribution in [0.5, 0.6) is 0 Å². The summed E-state index contributed by atoms with van der Waals surface area (Å²) in [6.45, 7) is 0.299. The van der Waals surface area contributed by atoms with E-state index < -0.39 is 10.0 Å². The van der Waals surface area contributed by atoms with Crippen LogP contribution in [0, 0.1) is 0 Å². The van der Waals surface area contributed by atoms with Crippen LogP contribution in [0.4, 0.5) is 5.69 Å². The van der Waals surface area contributed by atoms with Crippen molar-refractivity contribution in [1.82, 2.24) is 5.32 Å². The van der Waals surface area contributed by atoms with Crippen molar-refractivity contribution in [3.8, 4) is 0 Å². The van der Waals surface area contributed by atoms with Crippen molar-refractivity contribution < 1.29 is 18.0 Å². The van der Waals surface area contributed by atoms with Gasteiger partial charge in [0.15, 0.2) is 0 Å². The summed E-state index contributed by atoms with van der Waals surface area (Å²) in [6.07, 6.45) is 1.87. The fourth-order valence-corrected chi connectivity index (χ4v) is 4.63. The molecule has 0 fully saturated rings. The molecule has 2 aromatic carbocycles. The Labute approximate surface area is 174 Å². The van der Waals surface area contributed by atoms with Gasteiger partial charge >= 0.3 is 0 Å². The van der Waals surface area contributed by atoms with Crippen molar-refractivity contribution in [2.24, 2.45) is 5.14 Å². The normalized spacial score (nSPS) is 16.4. The Morgan fingerprint density at radius 3 is 2.62 bits per heavy atom. The maximum atomic E-state index is 12.4. The van der Waals surface area contributed by atoms with Gasteiger partial charge in [-0.15, -0.1) is 11.8 Å². The van der Waals surface area contributed by atoms with E-state index in [1.54, 1.807) is 12.1 Å². The number of nitrogens with one attached hydrogen (secondary N) is 2. The van der Waals surface area contributed by atoms with Gasteiger partial charge in [0.05, 0.1) is 10.1 Å². The van der Waals surface area contributed by atoms with Gasteiger partial charge in [-0.3, -0.25) is 9.59 Å². The van der Waals surface area contributed by atoms with Crippen LogP contribution in [0.15, 0.2) is 53.4 Å². The van der Waals surface area contributed by atoms with Crippen LogP contribution in [0.1, 0.15) is 24.0 Å². The summed E-state index contributed by atoms with van der Waals surface area (Å²) in [6, 6.07) is 13.8. The lowest BCUT2D eigenvalue weighted by Gasteiger charge is -2.12. The molecule has 0 aromatic heterocycles. The highest BCUT2D eigenvalue weighted by molar-refractivity contribution is 8.00. The molecule has 7 nitrogen and oxygen atoms in total. The molecule has 0 saturated carbocycles. The minimum atomic E-state index is -3.72. The molecule has 1 aliphatic heterocycles. The van der Waals surface area contributed by atoms with Crippen molar-refractivity contribution >= 4 is 39.3 Å². The van der Waals surface area contributed by atoms with Crippen molar-refractivity contribution in [3.63, 3.8) is 0 Å². The number of benzene rings is 2. The number of carbonyl (C=O) groups is 2. The number of hydrogen-bond donors (Lipinski definition) is 3. The smallest absolute Gasteiger partial charge is 0.238 e. The highest BCUT2D eigenvalue weighted by atomic mass is 32.2. The molecule has 2 aromatic rings. The fourth-order valence-electron chi connectivity index (χ4n) is 3.03. The highest BCUT2D eigenvalue weighted by Crippen LogP contribution is 2.27. The Morgan fingerprint density at radius 2 is 1.90 bits per heavy atom. The second-order valence-corrected chi connectivity index (χ2v) is 9.63. The van der Waals surface area contributed by atoms with Crippen LogP contribution in [-0.4, -0.2) is 31.2 Å². The number of aryl methyl sites for hydroxylation is 1. The molecule has 0 bridgehead atoms. The van der Waals surface area contributed by atoms with E-state index in [1.807, 2.05) is 24.3 Å². The number of rotatable bonds is 7. The van der Waals surface area contributed by atoms with Crippen LogP contribution in [0.25, 0.3) is 0 Å². The molecular weight excluding hydrogens is 410 g/mol. The van der Waals surface area contributed by atoms with Crippen LogP contribution in [-0.2, 0) is 32.6 Å². The van der Waals surface area contributed by atoms with Gasteiger partial charge in [-0.25, -0.2) is 13.6 Å². The van der Waals surface area contributed by atoms with Crippen molar-refractivity contribution in [3.05, 3.63) is 59.7 Å². The van der Waals surface area contributed by atoms with Gasteiger partial charge in [0.2, 0.25) is 21.8 Å². The SMILES string of the molecule is NS(=O)(=O)c1ccc(CNC(=O)CCS[C@H]2CCc3ccccc3NC2=O)cc1. The Bertz CT molecular complexity index is 991. The largest absolute Gasteiger partial charge is 0.352 e. The Kier molecular flexibility index (Phi) is 6.94. The van der Waals surface area contributed by atoms with E-state index in [2.05, 4.69) is 10.6 Å². The van der Waals surface area contributed by atoms with Gasteiger partial charge in [-0.2, -0.15) is 0 Å². The monoisotopic (exact) mass is 433 g/mol. The second kappa shape index (κ2) is 9.43. The third kappa shape index (κ3) is 6.06. The summed E-state index contributed by atoms with van der Waals surface area (Å²) < 4.78 is 22.5. The topological polar surface area (TPSA) is 118 Å². The summed E-state index contributed by atoms with van der Waals surface area (Å²) in [5.74, 6) is 0.408. The lowest BCUT2D eigenvalue weighted by atomic mass is 10.1. The molecule has 2 amide bonds. The lowest BCUT2D eigenvalue weighted by molar-refractivity contribution is -0.121. The number of hydrogen-bond acceptors (Lipinski definition) is 5. The van der Waals surface area contributed by atoms with E-state index in [9.17, 15) is 18.0 Å². The first-order valence-electron chi connectivity index (χ1n) is 9.22. The summed E-state index contributed by atoms with van der Waals surface area (Å²) in [5.41, 5.74) is 2.78. The average molecular weight is 434 g/mol. The van der Waals surface area contributed by atoms with E-state index in [-0.39, 0.29) is 22.0 Å². The maximum absolute atomic E-state index is 12.4. The molecule has 3 rings (SSSR count). The van der Waals surface area contributed by atoms with Crippen molar-refractivity contribution in [1.29, 1.82) is 0 Å². The predicted octanol–water partition coefficient (Wildman–Crippen LogP) is 2.03. The number of sulfonamides is 1. The molecule has 154 valence electrons. The lowest BCUT2D eigenvalue weighted by Crippen LogP contribution is -2.26. The molecule has 9 heteroatoms. The summed E-state index contributed by atoms with van der Waals surface area (Å²) in [4.78, 5) is 24.5. The summed E-state index contributed by atoms with van der Waals surface area (Å²) in [5, 5.41) is 10.6. The highest BCUT2D eigenvalue weighted by Gasteiger charge is 2.23. The minimum absolute atomic E-state index is 0.0182. The molecule has 29 heavy (non-hydrogen) atoms. The van der Waals surface area contributed by atoms with Crippen molar-refractivity contribution in [2.45, 2.75) is 36.0 Å². The molecule has 1 aliphatic rings. The van der Waals surface area contributed by atoms with E-state index >= 15 is 0 Å². The number of fused-ring (bicyclic) bond motifs is 1. The number of primary sulfonamides is 1. The van der Waals surface area contributed by atoms with Gasteiger partial charge in [0.25, 0.3) is 0 Å². The van der Waals surface area contributed by atoms with E-state index in [0.717, 1.165) is 29.7 Å². The first-order chi connectivity index (χ1) is 13.8. The van der Waals surface area contributed by atoms with Crippen LogP contribution < -0.4 is 15.8 Å². The number of thioether (sulfide) groups is 1. The van der Waals surface area contributed by atoms with E-state index in [1.165, 1.54) is 23.9 Å². The Hall–Kier alpha value is -2.36. The van der Waals surface area contributed by atoms with Crippen molar-refractivity contribution in [2.75, 3.05) is 11.1 Å².